The van der Waals surface area contributed by atoms with E-state index in [-0.39, 0.29) is 5.91 Å². The number of benzene rings is 1. The normalized spacial score (nSPS) is 10.3. The molecule has 0 aromatic heterocycles. The Balaban J connectivity index is 2.59. The second-order valence-electron chi connectivity index (χ2n) is 2.59. The van der Waals surface area contributed by atoms with Crippen LogP contribution in [0.4, 0.5) is 0 Å². The van der Waals surface area contributed by atoms with Crippen molar-refractivity contribution in [1.82, 2.24) is 5.32 Å². The van der Waals surface area contributed by atoms with E-state index in [2.05, 4.69) is 21.2 Å². The van der Waals surface area contributed by atoms with Gasteiger partial charge in [-0.05, 0) is 23.8 Å². The Hall–Kier alpha value is -1.09. The second kappa shape index (κ2) is 4.82. The van der Waals surface area contributed by atoms with Gasteiger partial charge in [0, 0.05) is 17.6 Å². The van der Waals surface area contributed by atoms with Crippen molar-refractivity contribution in [2.24, 2.45) is 0 Å². The SMILES string of the molecule is CC(=O)N/C=C/c1ccc(Br)cc1. The first-order valence-corrected chi connectivity index (χ1v) is 4.67. The molecule has 0 saturated heterocycles. The molecule has 3 heteroatoms. The van der Waals surface area contributed by atoms with Crippen LogP contribution in [0.25, 0.3) is 6.08 Å². The van der Waals surface area contributed by atoms with Gasteiger partial charge in [0.15, 0.2) is 0 Å². The van der Waals surface area contributed by atoms with Crippen molar-refractivity contribution in [2.75, 3.05) is 0 Å². The van der Waals surface area contributed by atoms with Crippen molar-refractivity contribution >= 4 is 27.9 Å². The van der Waals surface area contributed by atoms with E-state index in [1.165, 1.54) is 6.92 Å². The monoisotopic (exact) mass is 239 g/mol. The van der Waals surface area contributed by atoms with Crippen LogP contribution in [0.5, 0.6) is 0 Å². The first-order chi connectivity index (χ1) is 6.18. The topological polar surface area (TPSA) is 29.1 Å². The molecule has 0 aliphatic heterocycles. The van der Waals surface area contributed by atoms with Gasteiger partial charge < -0.3 is 5.32 Å². The van der Waals surface area contributed by atoms with Gasteiger partial charge >= 0.3 is 0 Å². The van der Waals surface area contributed by atoms with Crippen LogP contribution in [-0.4, -0.2) is 5.91 Å². The first kappa shape index (κ1) is 9.99. The lowest BCUT2D eigenvalue weighted by molar-refractivity contribution is -0.118. The molecule has 0 heterocycles. The van der Waals surface area contributed by atoms with Gasteiger partial charge in [0.2, 0.25) is 5.91 Å². The van der Waals surface area contributed by atoms with Crippen LogP contribution < -0.4 is 5.32 Å². The Labute approximate surface area is 85.8 Å². The highest BCUT2D eigenvalue weighted by Crippen LogP contribution is 2.10. The number of carbonyl (C=O) groups excluding carboxylic acids is 1. The van der Waals surface area contributed by atoms with Crippen molar-refractivity contribution in [3.63, 3.8) is 0 Å². The van der Waals surface area contributed by atoms with Crippen LogP contribution in [0.1, 0.15) is 12.5 Å². The summed E-state index contributed by atoms with van der Waals surface area (Å²) in [6, 6.07) is 7.83. The summed E-state index contributed by atoms with van der Waals surface area (Å²) >= 11 is 3.34. The first-order valence-electron chi connectivity index (χ1n) is 3.88. The lowest BCUT2D eigenvalue weighted by Crippen LogP contribution is -2.10. The summed E-state index contributed by atoms with van der Waals surface area (Å²) in [4.78, 5) is 10.5. The highest BCUT2D eigenvalue weighted by molar-refractivity contribution is 9.10. The van der Waals surface area contributed by atoms with Crippen molar-refractivity contribution < 1.29 is 4.79 Å². The minimum Gasteiger partial charge on any atom is -0.333 e. The van der Waals surface area contributed by atoms with Crippen LogP contribution in [0.2, 0.25) is 0 Å². The predicted octanol–water partition coefficient (Wildman–Crippen LogP) is 2.56. The zero-order chi connectivity index (χ0) is 9.68. The molecule has 1 aromatic carbocycles. The molecule has 0 saturated carbocycles. The Kier molecular flexibility index (Phi) is 3.71. The van der Waals surface area contributed by atoms with Gasteiger partial charge in [-0.2, -0.15) is 0 Å². The zero-order valence-corrected chi connectivity index (χ0v) is 8.84. The van der Waals surface area contributed by atoms with E-state index in [9.17, 15) is 4.79 Å². The van der Waals surface area contributed by atoms with Crippen LogP contribution >= 0.6 is 15.9 Å². The van der Waals surface area contributed by atoms with E-state index >= 15 is 0 Å². The van der Waals surface area contributed by atoms with Gasteiger partial charge in [0.1, 0.15) is 0 Å². The minimum atomic E-state index is -0.0617. The minimum absolute atomic E-state index is 0.0617. The lowest BCUT2D eigenvalue weighted by Gasteiger charge is -1.94. The molecule has 13 heavy (non-hydrogen) atoms. The summed E-state index contributed by atoms with van der Waals surface area (Å²) in [5, 5.41) is 2.58. The fourth-order valence-electron chi connectivity index (χ4n) is 0.829. The van der Waals surface area contributed by atoms with Crippen molar-refractivity contribution in [2.45, 2.75) is 6.92 Å². The molecule has 68 valence electrons. The Morgan fingerprint density at radius 1 is 1.38 bits per heavy atom. The predicted molar refractivity (Wildman–Crippen MR) is 57.0 cm³/mol. The number of hydrogen-bond acceptors (Lipinski definition) is 1. The van der Waals surface area contributed by atoms with Crippen molar-refractivity contribution in [3.8, 4) is 0 Å². The molecule has 0 spiro atoms. The third-order valence-corrected chi connectivity index (χ3v) is 1.96. The average molecular weight is 240 g/mol. The smallest absolute Gasteiger partial charge is 0.220 e. The number of hydrogen-bond donors (Lipinski definition) is 1. The summed E-state index contributed by atoms with van der Waals surface area (Å²) in [6.07, 6.45) is 3.47. The van der Waals surface area contributed by atoms with Crippen LogP contribution in [0, 0.1) is 0 Å². The van der Waals surface area contributed by atoms with Crippen molar-refractivity contribution in [3.05, 3.63) is 40.5 Å². The molecule has 2 nitrogen and oxygen atoms in total. The number of amides is 1. The summed E-state index contributed by atoms with van der Waals surface area (Å²) in [5.41, 5.74) is 1.05. The van der Waals surface area contributed by atoms with E-state index in [0.29, 0.717) is 0 Å². The molecule has 0 radical (unpaired) electrons. The quantitative estimate of drug-likeness (QED) is 0.845. The number of rotatable bonds is 2. The summed E-state index contributed by atoms with van der Waals surface area (Å²) in [5.74, 6) is -0.0617. The van der Waals surface area contributed by atoms with Crippen LogP contribution in [0.3, 0.4) is 0 Å². The summed E-state index contributed by atoms with van der Waals surface area (Å²) < 4.78 is 1.05. The maximum Gasteiger partial charge on any atom is 0.220 e. The summed E-state index contributed by atoms with van der Waals surface area (Å²) in [6.45, 7) is 1.48. The van der Waals surface area contributed by atoms with Gasteiger partial charge in [-0.15, -0.1) is 0 Å². The average Bonchev–Trinajstić information content (AvgIpc) is 2.08. The third kappa shape index (κ3) is 3.90. The number of nitrogens with one attached hydrogen (secondary N) is 1. The molecule has 0 atom stereocenters. The molecule has 1 aromatic rings. The van der Waals surface area contributed by atoms with E-state index in [1.807, 2.05) is 30.3 Å². The third-order valence-electron chi connectivity index (χ3n) is 1.43. The maximum absolute atomic E-state index is 10.5. The highest BCUT2D eigenvalue weighted by Gasteiger charge is 1.87. The Morgan fingerprint density at radius 3 is 2.54 bits per heavy atom. The molecule has 1 rings (SSSR count). The standard InChI is InChI=1S/C10H10BrNO/c1-8(13)12-7-6-9-2-4-10(11)5-3-9/h2-7H,1H3,(H,12,13)/b7-6+. The highest BCUT2D eigenvalue weighted by atomic mass is 79.9. The molecule has 0 unspecified atom stereocenters. The van der Waals surface area contributed by atoms with Crippen molar-refractivity contribution in [1.29, 1.82) is 0 Å². The molecule has 0 fully saturated rings. The van der Waals surface area contributed by atoms with Gasteiger partial charge in [0.05, 0.1) is 0 Å². The zero-order valence-electron chi connectivity index (χ0n) is 7.25. The summed E-state index contributed by atoms with van der Waals surface area (Å²) in [7, 11) is 0. The molecule has 1 N–H and O–H groups in total. The van der Waals surface area contributed by atoms with Gasteiger partial charge in [0.25, 0.3) is 0 Å². The van der Waals surface area contributed by atoms with E-state index in [1.54, 1.807) is 6.20 Å². The number of halogens is 1. The van der Waals surface area contributed by atoms with E-state index in [0.717, 1.165) is 10.0 Å². The second-order valence-corrected chi connectivity index (χ2v) is 3.50. The Bertz CT molecular complexity index is 316. The molecule has 0 aliphatic rings. The van der Waals surface area contributed by atoms with Gasteiger partial charge in [-0.1, -0.05) is 28.1 Å². The number of carbonyl (C=O) groups is 1. The van der Waals surface area contributed by atoms with Crippen LogP contribution in [0.15, 0.2) is 34.9 Å². The molecule has 0 bridgehead atoms. The van der Waals surface area contributed by atoms with Crippen LogP contribution in [-0.2, 0) is 4.79 Å². The molecule has 0 aliphatic carbocycles. The van der Waals surface area contributed by atoms with E-state index in [4.69, 9.17) is 0 Å². The molecular formula is C10H10BrNO. The lowest BCUT2D eigenvalue weighted by atomic mass is 10.2. The fraction of sp³-hybridized carbons (Fsp3) is 0.100. The molecule has 1 amide bonds. The molecular weight excluding hydrogens is 230 g/mol. The maximum atomic E-state index is 10.5. The van der Waals surface area contributed by atoms with Gasteiger partial charge in [-0.3, -0.25) is 4.79 Å². The van der Waals surface area contributed by atoms with Gasteiger partial charge in [-0.25, -0.2) is 0 Å². The largest absolute Gasteiger partial charge is 0.333 e. The Morgan fingerprint density at radius 2 is 2.00 bits per heavy atom. The van der Waals surface area contributed by atoms with E-state index < -0.39 is 0 Å². The fourth-order valence-corrected chi connectivity index (χ4v) is 1.09.